The summed E-state index contributed by atoms with van der Waals surface area (Å²) in [6.07, 6.45) is 0. The predicted molar refractivity (Wildman–Crippen MR) is 72.0 cm³/mol. The number of nitrogens with zero attached hydrogens (tertiary/aromatic N) is 1. The zero-order chi connectivity index (χ0) is 13.1. The Hall–Kier alpha value is -1.26. The molecule has 1 heterocycles. The molecule has 18 heavy (non-hydrogen) atoms. The van der Waals surface area contributed by atoms with Crippen LogP contribution >= 0.6 is 0 Å². The first-order valence-corrected chi connectivity index (χ1v) is 6.33. The minimum absolute atomic E-state index is 0.279. The third kappa shape index (κ3) is 2.60. The summed E-state index contributed by atoms with van der Waals surface area (Å²) in [5, 5.41) is 0. The highest BCUT2D eigenvalue weighted by Crippen LogP contribution is 2.32. The van der Waals surface area contributed by atoms with Crippen molar-refractivity contribution in [3.05, 3.63) is 23.8 Å². The van der Waals surface area contributed by atoms with Crippen molar-refractivity contribution in [2.75, 3.05) is 27.3 Å². The second-order valence-electron chi connectivity index (χ2n) is 4.99. The molecule has 0 radical (unpaired) electrons. The summed E-state index contributed by atoms with van der Waals surface area (Å²) in [7, 11) is 3.34. The molecule has 4 heteroatoms. The molecule has 1 aliphatic rings. The minimum atomic E-state index is 0.279. The standard InChI is InChI=1S/C14H22N2O2/c1-10-7-16(9-12(10)15)8-11-5-4-6-13(17-2)14(11)18-3/h4-6,10,12H,7-9,15H2,1-3H3. The summed E-state index contributed by atoms with van der Waals surface area (Å²) in [4.78, 5) is 2.37. The van der Waals surface area contributed by atoms with E-state index in [9.17, 15) is 0 Å². The second-order valence-corrected chi connectivity index (χ2v) is 4.99. The number of benzene rings is 1. The van der Waals surface area contributed by atoms with Gasteiger partial charge in [-0.25, -0.2) is 0 Å². The van der Waals surface area contributed by atoms with E-state index < -0.39 is 0 Å². The molecule has 0 saturated carbocycles. The first-order chi connectivity index (χ1) is 8.65. The lowest BCUT2D eigenvalue weighted by atomic mass is 10.1. The summed E-state index contributed by atoms with van der Waals surface area (Å²) in [5.74, 6) is 2.17. The van der Waals surface area contributed by atoms with E-state index in [1.54, 1.807) is 14.2 Å². The lowest BCUT2D eigenvalue weighted by Crippen LogP contribution is -2.28. The van der Waals surface area contributed by atoms with Gasteiger partial charge in [0.25, 0.3) is 0 Å². The molecule has 100 valence electrons. The summed E-state index contributed by atoms with van der Waals surface area (Å²) >= 11 is 0. The van der Waals surface area contributed by atoms with Gasteiger partial charge < -0.3 is 15.2 Å². The number of likely N-dealkylation sites (tertiary alicyclic amines) is 1. The van der Waals surface area contributed by atoms with Crippen molar-refractivity contribution in [3.8, 4) is 11.5 Å². The Morgan fingerprint density at radius 1 is 1.28 bits per heavy atom. The average Bonchev–Trinajstić information content (AvgIpc) is 2.68. The molecule has 1 saturated heterocycles. The van der Waals surface area contributed by atoms with Crippen LogP contribution in [0.4, 0.5) is 0 Å². The number of rotatable bonds is 4. The first kappa shape index (κ1) is 13.2. The van der Waals surface area contributed by atoms with Gasteiger partial charge in [0, 0.05) is 31.2 Å². The van der Waals surface area contributed by atoms with Crippen LogP contribution < -0.4 is 15.2 Å². The molecule has 0 aromatic heterocycles. The number of hydrogen-bond acceptors (Lipinski definition) is 4. The predicted octanol–water partition coefficient (Wildman–Crippen LogP) is 1.48. The fourth-order valence-electron chi connectivity index (χ4n) is 2.54. The smallest absolute Gasteiger partial charge is 0.165 e. The van der Waals surface area contributed by atoms with Gasteiger partial charge in [-0.3, -0.25) is 4.90 Å². The maximum atomic E-state index is 6.05. The van der Waals surface area contributed by atoms with Crippen LogP contribution in [-0.4, -0.2) is 38.3 Å². The van der Waals surface area contributed by atoms with E-state index in [0.29, 0.717) is 5.92 Å². The molecule has 2 N–H and O–H groups in total. The Morgan fingerprint density at radius 2 is 2.06 bits per heavy atom. The third-order valence-corrected chi connectivity index (χ3v) is 3.62. The summed E-state index contributed by atoms with van der Waals surface area (Å²) in [6, 6.07) is 6.27. The zero-order valence-corrected chi connectivity index (χ0v) is 11.3. The van der Waals surface area contributed by atoms with E-state index in [-0.39, 0.29) is 6.04 Å². The number of ether oxygens (including phenoxy) is 2. The molecular formula is C14H22N2O2. The van der Waals surface area contributed by atoms with Crippen LogP contribution in [0.1, 0.15) is 12.5 Å². The van der Waals surface area contributed by atoms with E-state index in [4.69, 9.17) is 15.2 Å². The SMILES string of the molecule is COc1cccc(CN2CC(C)C(N)C2)c1OC. The van der Waals surface area contributed by atoms with Crippen molar-refractivity contribution < 1.29 is 9.47 Å². The summed E-state index contributed by atoms with van der Waals surface area (Å²) < 4.78 is 10.8. The fraction of sp³-hybridized carbons (Fsp3) is 0.571. The van der Waals surface area contributed by atoms with Gasteiger partial charge in [0.05, 0.1) is 14.2 Å². The van der Waals surface area contributed by atoms with Gasteiger partial charge in [-0.15, -0.1) is 0 Å². The van der Waals surface area contributed by atoms with Crippen LogP contribution in [0.15, 0.2) is 18.2 Å². The zero-order valence-electron chi connectivity index (χ0n) is 11.3. The molecular weight excluding hydrogens is 228 g/mol. The molecule has 2 rings (SSSR count). The van der Waals surface area contributed by atoms with Crippen molar-refractivity contribution in [1.29, 1.82) is 0 Å². The number of nitrogens with two attached hydrogens (primary N) is 1. The third-order valence-electron chi connectivity index (χ3n) is 3.62. The molecule has 0 bridgehead atoms. The number of para-hydroxylation sites is 1. The van der Waals surface area contributed by atoms with Crippen LogP contribution in [0.2, 0.25) is 0 Å². The van der Waals surface area contributed by atoms with Gasteiger partial charge in [0.15, 0.2) is 11.5 Å². The van der Waals surface area contributed by atoms with Crippen LogP contribution in [0.5, 0.6) is 11.5 Å². The Kier molecular flexibility index (Phi) is 4.09. The largest absolute Gasteiger partial charge is 0.493 e. The monoisotopic (exact) mass is 250 g/mol. The molecule has 4 nitrogen and oxygen atoms in total. The van der Waals surface area contributed by atoms with Gasteiger partial charge in [0.1, 0.15) is 0 Å². The second kappa shape index (κ2) is 5.59. The highest BCUT2D eigenvalue weighted by Gasteiger charge is 2.27. The van der Waals surface area contributed by atoms with Crippen LogP contribution in [0, 0.1) is 5.92 Å². The molecule has 1 aromatic carbocycles. The normalized spacial score (nSPS) is 24.2. The Bertz CT molecular complexity index is 399. The van der Waals surface area contributed by atoms with Crippen molar-refractivity contribution in [3.63, 3.8) is 0 Å². The lowest BCUT2D eigenvalue weighted by Gasteiger charge is -2.18. The molecule has 1 fully saturated rings. The summed E-state index contributed by atoms with van der Waals surface area (Å²) in [6.45, 7) is 5.05. The molecule has 1 aliphatic heterocycles. The number of hydrogen-bond donors (Lipinski definition) is 1. The van der Waals surface area contributed by atoms with Crippen LogP contribution in [0.25, 0.3) is 0 Å². The van der Waals surface area contributed by atoms with Crippen LogP contribution in [-0.2, 0) is 6.54 Å². The van der Waals surface area contributed by atoms with Crippen LogP contribution in [0.3, 0.4) is 0 Å². The van der Waals surface area contributed by atoms with Gasteiger partial charge in [-0.1, -0.05) is 19.1 Å². The maximum absolute atomic E-state index is 6.05. The minimum Gasteiger partial charge on any atom is -0.493 e. The van der Waals surface area contributed by atoms with Crippen molar-refractivity contribution in [2.45, 2.75) is 19.5 Å². The van der Waals surface area contributed by atoms with Gasteiger partial charge >= 0.3 is 0 Å². The molecule has 1 aromatic rings. The van der Waals surface area contributed by atoms with Gasteiger partial charge in [-0.05, 0) is 12.0 Å². The van der Waals surface area contributed by atoms with Gasteiger partial charge in [-0.2, -0.15) is 0 Å². The first-order valence-electron chi connectivity index (χ1n) is 6.33. The topological polar surface area (TPSA) is 47.7 Å². The summed E-state index contributed by atoms with van der Waals surface area (Å²) in [5.41, 5.74) is 7.20. The van der Waals surface area contributed by atoms with E-state index in [0.717, 1.165) is 36.7 Å². The van der Waals surface area contributed by atoms with Crippen molar-refractivity contribution >= 4 is 0 Å². The Morgan fingerprint density at radius 3 is 2.61 bits per heavy atom. The molecule has 2 unspecified atom stereocenters. The molecule has 0 aliphatic carbocycles. The Balaban J connectivity index is 2.14. The fourth-order valence-corrected chi connectivity index (χ4v) is 2.54. The highest BCUT2D eigenvalue weighted by molar-refractivity contribution is 5.46. The number of methoxy groups -OCH3 is 2. The van der Waals surface area contributed by atoms with Crippen molar-refractivity contribution in [1.82, 2.24) is 4.90 Å². The van der Waals surface area contributed by atoms with Gasteiger partial charge in [0.2, 0.25) is 0 Å². The highest BCUT2D eigenvalue weighted by atomic mass is 16.5. The quantitative estimate of drug-likeness (QED) is 0.879. The average molecular weight is 250 g/mol. The van der Waals surface area contributed by atoms with E-state index in [1.807, 2.05) is 12.1 Å². The van der Waals surface area contributed by atoms with E-state index in [2.05, 4.69) is 17.9 Å². The lowest BCUT2D eigenvalue weighted by molar-refractivity contribution is 0.303. The van der Waals surface area contributed by atoms with Crippen molar-refractivity contribution in [2.24, 2.45) is 11.7 Å². The maximum Gasteiger partial charge on any atom is 0.165 e. The molecule has 0 spiro atoms. The Labute approximate surface area is 109 Å². The van der Waals surface area contributed by atoms with E-state index in [1.165, 1.54) is 0 Å². The molecule has 2 atom stereocenters. The van der Waals surface area contributed by atoms with E-state index >= 15 is 0 Å². The molecule has 0 amide bonds.